The summed E-state index contributed by atoms with van der Waals surface area (Å²) >= 11 is 1.88. The molecule has 2 heteroatoms. The summed E-state index contributed by atoms with van der Waals surface area (Å²) < 4.78 is 5.05. The predicted molar refractivity (Wildman–Crippen MR) is 249 cm³/mol. The van der Waals surface area contributed by atoms with Crippen LogP contribution in [0.3, 0.4) is 0 Å². The maximum atomic E-state index is 4.66. The number of allylic oxidation sites excluding steroid dienone is 9. The summed E-state index contributed by atoms with van der Waals surface area (Å²) in [4.78, 5) is 0. The van der Waals surface area contributed by atoms with Gasteiger partial charge in [-0.15, -0.1) is 11.3 Å². The van der Waals surface area contributed by atoms with E-state index >= 15 is 0 Å². The third-order valence-electron chi connectivity index (χ3n) is 11.6. The molecule has 1 aliphatic carbocycles. The Balaban J connectivity index is 1.02. The molecule has 1 nitrogen and oxygen atoms in total. The van der Waals surface area contributed by atoms with Crippen LogP contribution in [0, 0.1) is 0 Å². The summed E-state index contributed by atoms with van der Waals surface area (Å²) in [6, 6.07) is 59.7. The summed E-state index contributed by atoms with van der Waals surface area (Å²) in [5, 5.41) is 10.2. The number of thiophene rings is 1. The zero-order chi connectivity index (χ0) is 37.9. The van der Waals surface area contributed by atoms with Gasteiger partial charge in [0.15, 0.2) is 0 Å². The molecule has 2 aromatic heterocycles. The van der Waals surface area contributed by atoms with Gasteiger partial charge in [-0.05, 0) is 97.3 Å². The lowest BCUT2D eigenvalue weighted by atomic mass is 9.85. The van der Waals surface area contributed by atoms with Crippen molar-refractivity contribution in [3.63, 3.8) is 0 Å². The summed E-state index contributed by atoms with van der Waals surface area (Å²) in [7, 11) is 0. The van der Waals surface area contributed by atoms with Gasteiger partial charge in [0.2, 0.25) is 0 Å². The first-order chi connectivity index (χ1) is 28.2. The Morgan fingerprint density at radius 2 is 1.11 bits per heavy atom. The molecule has 57 heavy (non-hydrogen) atoms. The van der Waals surface area contributed by atoms with Gasteiger partial charge in [-0.25, -0.2) is 0 Å². The van der Waals surface area contributed by atoms with Crippen molar-refractivity contribution in [1.82, 2.24) is 4.57 Å². The molecule has 0 radical (unpaired) electrons. The molecule has 0 saturated heterocycles. The average Bonchev–Trinajstić information content (AvgIpc) is 3.81. The first-order valence-electron chi connectivity index (χ1n) is 19.6. The minimum atomic E-state index is 0.791. The van der Waals surface area contributed by atoms with Crippen LogP contribution in [0.4, 0.5) is 0 Å². The van der Waals surface area contributed by atoms with Crippen LogP contribution >= 0.6 is 11.3 Å². The summed E-state index contributed by atoms with van der Waals surface area (Å²) in [5.74, 6) is 0. The highest BCUT2D eigenvalue weighted by atomic mass is 32.1. The lowest BCUT2D eigenvalue weighted by molar-refractivity contribution is 1.22. The Morgan fingerprint density at radius 1 is 0.474 bits per heavy atom. The zero-order valence-corrected chi connectivity index (χ0v) is 32.1. The number of nitrogens with zero attached hydrogens (tertiary/aromatic N) is 1. The van der Waals surface area contributed by atoms with Gasteiger partial charge in [0, 0.05) is 30.9 Å². The molecule has 0 atom stereocenters. The molecule has 10 aromatic rings. The third-order valence-corrected chi connectivity index (χ3v) is 12.8. The van der Waals surface area contributed by atoms with E-state index in [1.807, 2.05) is 11.3 Å². The quantitative estimate of drug-likeness (QED) is 0.158. The number of benzene rings is 8. The van der Waals surface area contributed by atoms with Crippen molar-refractivity contribution >= 4 is 86.1 Å². The van der Waals surface area contributed by atoms with E-state index in [-0.39, 0.29) is 0 Å². The molecule has 1 aliphatic rings. The molecular formula is C55H37NS. The normalized spacial score (nSPS) is 16.6. The lowest BCUT2D eigenvalue weighted by Crippen LogP contribution is -1.99. The number of para-hydroxylation sites is 1. The first kappa shape index (κ1) is 33.3. The van der Waals surface area contributed by atoms with Crippen LogP contribution in [0.5, 0.6) is 0 Å². The van der Waals surface area contributed by atoms with Crippen LogP contribution in [0.1, 0.15) is 12.0 Å². The second kappa shape index (κ2) is 13.6. The average molecular weight is 744 g/mol. The Hall–Kier alpha value is -7.00. The fourth-order valence-electron chi connectivity index (χ4n) is 9.06. The number of hydrogen-bond donors (Lipinski definition) is 0. The van der Waals surface area contributed by atoms with E-state index in [2.05, 4.69) is 211 Å². The monoisotopic (exact) mass is 743 g/mol. The van der Waals surface area contributed by atoms with Crippen LogP contribution < -0.4 is 0 Å². The Bertz CT molecular complexity index is 3320. The van der Waals surface area contributed by atoms with Gasteiger partial charge in [0.25, 0.3) is 0 Å². The zero-order valence-electron chi connectivity index (χ0n) is 31.3. The van der Waals surface area contributed by atoms with Crippen LogP contribution in [-0.4, -0.2) is 4.57 Å². The number of aromatic nitrogens is 1. The number of hydrogen-bond acceptors (Lipinski definition) is 1. The topological polar surface area (TPSA) is 4.93 Å². The fourth-order valence-corrected chi connectivity index (χ4v) is 10.3. The van der Waals surface area contributed by atoms with Gasteiger partial charge in [0.05, 0.1) is 16.7 Å². The summed E-state index contributed by atoms with van der Waals surface area (Å²) in [6.45, 7) is 4.66. The third kappa shape index (κ3) is 5.44. The highest BCUT2D eigenvalue weighted by molar-refractivity contribution is 7.26. The molecule has 2 heterocycles. The smallest absolute Gasteiger partial charge is 0.0541 e. The highest BCUT2D eigenvalue weighted by Gasteiger charge is 2.19. The van der Waals surface area contributed by atoms with Crippen molar-refractivity contribution in [1.29, 1.82) is 0 Å². The SMILES string of the molecule is C=C1/C=C\C=C(\c2c3ccccc3c(-c3ccccc3)c3ccccc23)C/C=C\C=C/1n1c2ccccc2c2cc(-c3cccc4c3sc3ccccc34)ccc21. The minimum absolute atomic E-state index is 0.791. The molecule has 0 aliphatic heterocycles. The molecule has 0 bridgehead atoms. The van der Waals surface area contributed by atoms with Crippen LogP contribution in [0.2, 0.25) is 0 Å². The fraction of sp³-hybridized carbons (Fsp3) is 0.0182. The van der Waals surface area contributed by atoms with E-state index in [1.165, 1.54) is 96.9 Å². The number of rotatable bonds is 4. The lowest BCUT2D eigenvalue weighted by Gasteiger charge is -2.19. The molecule has 0 amide bonds. The van der Waals surface area contributed by atoms with E-state index in [9.17, 15) is 0 Å². The molecule has 0 unspecified atom stereocenters. The van der Waals surface area contributed by atoms with Crippen molar-refractivity contribution in [3.05, 3.63) is 218 Å². The molecule has 0 fully saturated rings. The maximum absolute atomic E-state index is 4.66. The molecule has 0 spiro atoms. The molecular weight excluding hydrogens is 707 g/mol. The van der Waals surface area contributed by atoms with Crippen molar-refractivity contribution in [3.8, 4) is 22.3 Å². The maximum Gasteiger partial charge on any atom is 0.0541 e. The highest BCUT2D eigenvalue weighted by Crippen LogP contribution is 2.44. The van der Waals surface area contributed by atoms with Gasteiger partial charge in [-0.2, -0.15) is 0 Å². The standard InChI is InChI=1S/C55H37NS/c1-36-17-15-21-38(54-45-26-8-6-24-43(45)53(37-18-3-2-4-19-37)44-25-7-9-27-46(44)54)20-5-12-30-49(36)56-50-31-13-10-22-41(50)48-35-39(33-34-51(48)56)40-28-16-29-47-42-23-11-14-32-52(42)57-55(40)47/h2-19,21-35H,1,20H2/b12-5-,17-15-,38-21+,49-30+. The summed E-state index contributed by atoms with van der Waals surface area (Å²) in [5.41, 5.74) is 11.9. The largest absolute Gasteiger partial charge is 0.309 e. The van der Waals surface area contributed by atoms with Crippen LogP contribution in [0.15, 0.2) is 212 Å². The van der Waals surface area contributed by atoms with Crippen molar-refractivity contribution in [2.45, 2.75) is 6.42 Å². The van der Waals surface area contributed by atoms with Crippen LogP contribution in [-0.2, 0) is 0 Å². The Morgan fingerprint density at radius 3 is 1.88 bits per heavy atom. The second-order valence-electron chi connectivity index (χ2n) is 14.8. The Labute approximate surface area is 335 Å². The molecule has 0 saturated carbocycles. The number of fused-ring (bicyclic) bond motifs is 8. The van der Waals surface area contributed by atoms with Gasteiger partial charge < -0.3 is 4.57 Å². The molecule has 268 valence electrons. The molecule has 11 rings (SSSR count). The van der Waals surface area contributed by atoms with Crippen molar-refractivity contribution in [2.75, 3.05) is 0 Å². The second-order valence-corrected chi connectivity index (χ2v) is 15.9. The van der Waals surface area contributed by atoms with E-state index in [0.29, 0.717) is 0 Å². The minimum Gasteiger partial charge on any atom is -0.309 e. The Kier molecular flexibility index (Phi) is 7.98. The van der Waals surface area contributed by atoms with E-state index in [1.54, 1.807) is 0 Å². The first-order valence-corrected chi connectivity index (χ1v) is 20.4. The van der Waals surface area contributed by atoms with E-state index < -0.39 is 0 Å². The van der Waals surface area contributed by atoms with Crippen LogP contribution in [0.25, 0.3) is 97.0 Å². The van der Waals surface area contributed by atoms with Gasteiger partial charge in [-0.3, -0.25) is 0 Å². The predicted octanol–water partition coefficient (Wildman–Crippen LogP) is 15.8. The van der Waals surface area contributed by atoms with Crippen molar-refractivity contribution < 1.29 is 0 Å². The van der Waals surface area contributed by atoms with E-state index in [0.717, 1.165) is 17.7 Å². The van der Waals surface area contributed by atoms with Gasteiger partial charge in [-0.1, -0.05) is 176 Å². The molecule has 8 aromatic carbocycles. The summed E-state index contributed by atoms with van der Waals surface area (Å²) in [6.07, 6.45) is 14.2. The van der Waals surface area contributed by atoms with Crippen molar-refractivity contribution in [2.24, 2.45) is 0 Å². The van der Waals surface area contributed by atoms with Gasteiger partial charge in [0.1, 0.15) is 0 Å². The molecule has 0 N–H and O–H groups in total. The van der Waals surface area contributed by atoms with Gasteiger partial charge >= 0.3 is 0 Å². The van der Waals surface area contributed by atoms with E-state index in [4.69, 9.17) is 0 Å².